The number of likely N-dealkylation sites (tertiary alicyclic amines) is 1. The number of unbranched alkanes of at least 4 members (excludes halogenated alkanes) is 2. The molecule has 35 heteroatoms. The van der Waals surface area contributed by atoms with Gasteiger partial charge in [-0.15, -0.1) is 0 Å². The summed E-state index contributed by atoms with van der Waals surface area (Å²) >= 11 is 0. The topological polar surface area (TPSA) is 587 Å². The number of nitrogens with one attached hydrogen (secondary N) is 9. The van der Waals surface area contributed by atoms with Crippen molar-refractivity contribution in [3.05, 3.63) is 0 Å². The van der Waals surface area contributed by atoms with Gasteiger partial charge in [0.15, 0.2) is 0 Å². The Morgan fingerprint density at radius 1 is 0.433 bits per heavy atom. The number of aliphatic hydroxyl groups excluding tert-OH is 2. The van der Waals surface area contributed by atoms with E-state index in [0.717, 1.165) is 11.8 Å². The Labute approximate surface area is 519 Å². The van der Waals surface area contributed by atoms with Crippen LogP contribution in [0.5, 0.6) is 0 Å². The van der Waals surface area contributed by atoms with Crippen molar-refractivity contribution >= 4 is 88.9 Å². The van der Waals surface area contributed by atoms with E-state index in [1.165, 1.54) is 6.92 Å². The molecule has 510 valence electrons. The molecule has 1 fully saturated rings. The average molecular weight is 1290 g/mol. The molecule has 90 heavy (non-hydrogen) atoms. The van der Waals surface area contributed by atoms with Gasteiger partial charge in [-0.1, -0.05) is 27.7 Å². The Kier molecular flexibility index (Phi) is 35.9. The minimum atomic E-state index is -2.23. The molecule has 0 bridgehead atoms. The number of aliphatic carboxylic acids is 5. The van der Waals surface area contributed by atoms with Crippen LogP contribution in [0.15, 0.2) is 0 Å². The second kappa shape index (κ2) is 40.5. The normalized spacial score (nSPS) is 16.9. The maximum Gasteiger partial charge on any atom is 0.326 e. The summed E-state index contributed by atoms with van der Waals surface area (Å²) in [6, 6.07) is -18.5. The van der Waals surface area contributed by atoms with Gasteiger partial charge in [0, 0.05) is 19.4 Å². The van der Waals surface area contributed by atoms with E-state index in [1.807, 2.05) is 10.6 Å². The SMILES string of the molecule is CC(C)C[C@H](NC(=O)[C@H](CCC(=O)O)NC(=O)[C@H](CCCCN)NC(=O)[C@H](CC(C)C)NC(=O)[C@H](CCC(=O)O)NC(=O)[C@H](CC(=O)O)NC(=O)[C@H](CC(=O)O)NC(=O)[C@@H](NC(=O)[C@@H]1CCCN1C(=O)[C@H](CCCCN)NC(=O)[C@@H](N)[C@@H](C)O)[C@@H](C)O)C(=O)O. The summed E-state index contributed by atoms with van der Waals surface area (Å²) in [6.07, 6.45) is -7.17. The third-order valence-electron chi connectivity index (χ3n) is 14.1. The molecule has 1 heterocycles. The number of hydrogen-bond acceptors (Lipinski definition) is 20. The average Bonchev–Trinajstić information content (AvgIpc) is 1.69. The van der Waals surface area contributed by atoms with Crippen LogP contribution in [-0.4, -0.2) is 228 Å². The standard InChI is InChI=1S/C55H93N13O22/c1-26(2)22-34(48(82)59-30(12-7-9-19-56)45(79)60-32(16-18-40(73)74)47(81)66-37(55(89)90)23-27(3)4)63-46(80)31(15-17-39(71)72)61-49(83)35(24-41(75)76)64-50(84)36(25-42(77)78)65-53(87)44(29(6)70)67-51(85)38-14-11-21-68(38)54(88)33(13-8-10-20-57)62-52(86)43(58)28(5)69/h26-38,43-44,69-70H,7-25,56-58H2,1-6H3,(H,59,82)(H,60,79)(H,61,83)(H,62,86)(H,63,80)(H,64,84)(H,65,87)(H,66,81)(H,67,85)(H,71,72)(H,73,74)(H,75,76)(H,77,78)(H,89,90)/t28-,29-,30+,31+,32+,33+,34+,35+,36+,37+,38+,43+,44+/m1/s1. The molecule has 1 saturated heterocycles. The molecule has 0 aromatic carbocycles. The van der Waals surface area contributed by atoms with Crippen LogP contribution in [0.1, 0.15) is 144 Å². The van der Waals surface area contributed by atoms with Crippen LogP contribution in [0.3, 0.4) is 0 Å². The first-order chi connectivity index (χ1) is 42.0. The molecule has 1 rings (SSSR count). The number of nitrogens with zero attached hydrogens (tertiary/aromatic N) is 1. The molecule has 0 spiro atoms. The maximum atomic E-state index is 14.2. The first-order valence-electron chi connectivity index (χ1n) is 29.7. The molecule has 1 aliphatic heterocycles. The Morgan fingerprint density at radius 3 is 1.20 bits per heavy atom. The summed E-state index contributed by atoms with van der Waals surface area (Å²) in [7, 11) is 0. The summed E-state index contributed by atoms with van der Waals surface area (Å²) in [6.45, 7) is 9.30. The highest BCUT2D eigenvalue weighted by Crippen LogP contribution is 2.21. The van der Waals surface area contributed by atoms with Gasteiger partial charge in [-0.3, -0.25) is 67.1 Å². The van der Waals surface area contributed by atoms with Crippen LogP contribution in [0, 0.1) is 11.8 Å². The number of carbonyl (C=O) groups is 15. The predicted octanol–water partition coefficient (Wildman–Crippen LogP) is -5.46. The summed E-state index contributed by atoms with van der Waals surface area (Å²) in [5.41, 5.74) is 17.1. The van der Waals surface area contributed by atoms with Crippen LogP contribution < -0.4 is 65.1 Å². The lowest BCUT2D eigenvalue weighted by Gasteiger charge is -2.31. The number of carbonyl (C=O) groups excluding carboxylic acids is 10. The Morgan fingerprint density at radius 2 is 0.800 bits per heavy atom. The van der Waals surface area contributed by atoms with E-state index in [9.17, 15) is 108 Å². The minimum Gasteiger partial charge on any atom is -0.481 e. The van der Waals surface area contributed by atoms with Gasteiger partial charge >= 0.3 is 29.8 Å². The van der Waals surface area contributed by atoms with Crippen molar-refractivity contribution < 1.29 is 108 Å². The first kappa shape index (κ1) is 79.9. The number of carboxylic acid groups (broad SMARTS) is 5. The molecular formula is C55H93N13O22. The fourth-order valence-corrected chi connectivity index (χ4v) is 9.29. The molecule has 10 amide bonds. The molecule has 0 aromatic rings. The predicted molar refractivity (Wildman–Crippen MR) is 314 cm³/mol. The van der Waals surface area contributed by atoms with Gasteiger partial charge < -0.3 is 106 Å². The van der Waals surface area contributed by atoms with Crippen molar-refractivity contribution in [3.63, 3.8) is 0 Å². The van der Waals surface area contributed by atoms with Gasteiger partial charge in [0.25, 0.3) is 0 Å². The highest BCUT2D eigenvalue weighted by molar-refractivity contribution is 6.00. The molecule has 0 aromatic heterocycles. The van der Waals surface area contributed by atoms with Crippen LogP contribution in [0.4, 0.5) is 0 Å². The van der Waals surface area contributed by atoms with E-state index >= 15 is 0 Å². The lowest BCUT2D eigenvalue weighted by molar-refractivity contribution is -0.144. The lowest BCUT2D eigenvalue weighted by Crippen LogP contribution is -2.62. The second-order valence-electron chi connectivity index (χ2n) is 22.9. The molecule has 0 radical (unpaired) electrons. The zero-order valence-corrected chi connectivity index (χ0v) is 51.5. The first-order valence-corrected chi connectivity index (χ1v) is 29.7. The summed E-state index contributed by atoms with van der Waals surface area (Å²) in [4.78, 5) is 199. The number of amides is 10. The fourth-order valence-electron chi connectivity index (χ4n) is 9.29. The van der Waals surface area contributed by atoms with Gasteiger partial charge in [0.05, 0.1) is 25.0 Å². The van der Waals surface area contributed by atoms with Gasteiger partial charge in [-0.05, 0) is 116 Å². The van der Waals surface area contributed by atoms with Crippen LogP contribution in [-0.2, 0) is 71.9 Å². The highest BCUT2D eigenvalue weighted by atomic mass is 16.4. The van der Waals surface area contributed by atoms with E-state index in [1.54, 1.807) is 27.7 Å². The summed E-state index contributed by atoms with van der Waals surface area (Å²) < 4.78 is 0. The quantitative estimate of drug-likeness (QED) is 0.0253. The Balaban J connectivity index is 3.56. The number of nitrogens with two attached hydrogens (primary N) is 3. The smallest absolute Gasteiger partial charge is 0.326 e. The van der Waals surface area contributed by atoms with E-state index in [4.69, 9.17) is 17.2 Å². The van der Waals surface area contributed by atoms with Crippen LogP contribution in [0.2, 0.25) is 0 Å². The molecule has 0 unspecified atom stereocenters. The lowest BCUT2D eigenvalue weighted by atomic mass is 10.00. The zero-order valence-electron chi connectivity index (χ0n) is 51.5. The largest absolute Gasteiger partial charge is 0.481 e. The molecular weight excluding hydrogens is 1190 g/mol. The van der Waals surface area contributed by atoms with Crippen molar-refractivity contribution in [2.24, 2.45) is 29.0 Å². The zero-order chi connectivity index (χ0) is 68.7. The van der Waals surface area contributed by atoms with Crippen molar-refractivity contribution in [3.8, 4) is 0 Å². The molecule has 0 aliphatic carbocycles. The Bertz CT molecular complexity index is 2500. The van der Waals surface area contributed by atoms with Crippen molar-refractivity contribution in [1.29, 1.82) is 0 Å². The van der Waals surface area contributed by atoms with E-state index in [2.05, 4.69) is 37.2 Å². The monoisotopic (exact) mass is 1290 g/mol. The second-order valence-corrected chi connectivity index (χ2v) is 22.9. The van der Waals surface area contributed by atoms with E-state index < -0.39 is 212 Å². The molecule has 35 nitrogen and oxygen atoms in total. The van der Waals surface area contributed by atoms with Crippen molar-refractivity contribution in [2.75, 3.05) is 19.6 Å². The molecule has 22 N–H and O–H groups in total. The van der Waals surface area contributed by atoms with E-state index in [-0.39, 0.29) is 70.5 Å². The van der Waals surface area contributed by atoms with Crippen LogP contribution in [0.25, 0.3) is 0 Å². The molecule has 13 atom stereocenters. The van der Waals surface area contributed by atoms with Gasteiger partial charge in [0.2, 0.25) is 59.1 Å². The van der Waals surface area contributed by atoms with Gasteiger partial charge in [-0.2, -0.15) is 0 Å². The number of rotatable bonds is 44. The van der Waals surface area contributed by atoms with Crippen LogP contribution >= 0.6 is 0 Å². The maximum absolute atomic E-state index is 14.2. The number of carboxylic acids is 5. The third kappa shape index (κ3) is 29.4. The van der Waals surface area contributed by atoms with Gasteiger partial charge in [-0.25, -0.2) is 4.79 Å². The minimum absolute atomic E-state index is 0.00875. The third-order valence-corrected chi connectivity index (χ3v) is 14.1. The number of hydrogen-bond donors (Lipinski definition) is 19. The number of aliphatic hydroxyl groups is 2. The Hall–Kier alpha value is -8.15. The molecule has 1 aliphatic rings. The fraction of sp³-hybridized carbons (Fsp3) is 0.727. The van der Waals surface area contributed by atoms with E-state index in [0.29, 0.717) is 19.3 Å². The highest BCUT2D eigenvalue weighted by Gasteiger charge is 2.42. The van der Waals surface area contributed by atoms with Crippen molar-refractivity contribution in [1.82, 2.24) is 52.8 Å². The van der Waals surface area contributed by atoms with Gasteiger partial charge in [0.1, 0.15) is 66.5 Å². The molecule has 0 saturated carbocycles. The summed E-state index contributed by atoms with van der Waals surface area (Å²) in [5.74, 6) is -19.8. The van der Waals surface area contributed by atoms with Crippen molar-refractivity contribution in [2.45, 2.75) is 223 Å². The summed E-state index contributed by atoms with van der Waals surface area (Å²) in [5, 5.41) is 89.5.